The second-order valence-corrected chi connectivity index (χ2v) is 6.80. The lowest BCUT2D eigenvalue weighted by Gasteiger charge is -2.26. The van der Waals surface area contributed by atoms with Crippen LogP contribution < -0.4 is 5.32 Å². The van der Waals surface area contributed by atoms with Crippen LogP contribution in [0.15, 0.2) is 55.0 Å². The van der Waals surface area contributed by atoms with Crippen LogP contribution >= 0.6 is 0 Å². The number of anilines is 1. The fourth-order valence-electron chi connectivity index (χ4n) is 3.43. The van der Waals surface area contributed by atoms with Crippen LogP contribution in [-0.2, 0) is 13.1 Å². The summed E-state index contributed by atoms with van der Waals surface area (Å²) in [5.74, 6) is 0. The van der Waals surface area contributed by atoms with Gasteiger partial charge >= 0.3 is 0 Å². The van der Waals surface area contributed by atoms with Gasteiger partial charge in [-0.05, 0) is 55.3 Å². The minimum Gasteiger partial charge on any atom is -0.381 e. The monoisotopic (exact) mass is 332 g/mol. The number of hydrogen-bond acceptors (Lipinski definition) is 4. The van der Waals surface area contributed by atoms with E-state index in [0.717, 1.165) is 29.7 Å². The van der Waals surface area contributed by atoms with Crippen molar-refractivity contribution >= 4 is 16.6 Å². The van der Waals surface area contributed by atoms with E-state index < -0.39 is 0 Å². The van der Waals surface area contributed by atoms with Gasteiger partial charge in [-0.1, -0.05) is 30.7 Å². The SMILES string of the molecule is c1ncc2ccc(NCc3ccc(CN4CCCCC4)cc3)cc2n1. The van der Waals surface area contributed by atoms with Crippen molar-refractivity contribution in [1.29, 1.82) is 0 Å². The lowest BCUT2D eigenvalue weighted by molar-refractivity contribution is 0.221. The Balaban J connectivity index is 1.35. The summed E-state index contributed by atoms with van der Waals surface area (Å²) in [5, 5.41) is 4.55. The first-order valence-electron chi connectivity index (χ1n) is 9.11. The summed E-state index contributed by atoms with van der Waals surface area (Å²) in [6.07, 6.45) is 7.51. The molecule has 2 heterocycles. The smallest absolute Gasteiger partial charge is 0.116 e. The molecule has 0 aliphatic carbocycles. The van der Waals surface area contributed by atoms with E-state index in [2.05, 4.69) is 62.6 Å². The second kappa shape index (κ2) is 7.62. The molecule has 0 atom stereocenters. The van der Waals surface area contributed by atoms with Crippen molar-refractivity contribution in [2.75, 3.05) is 18.4 Å². The minimum atomic E-state index is 0.820. The molecule has 1 saturated heterocycles. The van der Waals surface area contributed by atoms with Crippen LogP contribution in [0.1, 0.15) is 30.4 Å². The van der Waals surface area contributed by atoms with Gasteiger partial charge in [0.05, 0.1) is 5.52 Å². The van der Waals surface area contributed by atoms with Crippen LogP contribution in [0.5, 0.6) is 0 Å². The van der Waals surface area contributed by atoms with Crippen molar-refractivity contribution < 1.29 is 0 Å². The second-order valence-electron chi connectivity index (χ2n) is 6.80. The van der Waals surface area contributed by atoms with Crippen molar-refractivity contribution in [3.05, 3.63) is 66.1 Å². The number of rotatable bonds is 5. The third-order valence-corrected chi connectivity index (χ3v) is 4.88. The van der Waals surface area contributed by atoms with E-state index >= 15 is 0 Å². The van der Waals surface area contributed by atoms with Gasteiger partial charge in [-0.15, -0.1) is 0 Å². The Morgan fingerprint density at radius 3 is 2.56 bits per heavy atom. The predicted octanol–water partition coefficient (Wildman–Crippen LogP) is 4.23. The number of likely N-dealkylation sites (tertiary alicyclic amines) is 1. The molecule has 0 saturated carbocycles. The van der Waals surface area contributed by atoms with Gasteiger partial charge in [-0.3, -0.25) is 4.90 Å². The number of nitrogens with one attached hydrogen (secondary N) is 1. The molecule has 4 nitrogen and oxygen atoms in total. The zero-order valence-electron chi connectivity index (χ0n) is 14.5. The third-order valence-electron chi connectivity index (χ3n) is 4.88. The summed E-state index contributed by atoms with van der Waals surface area (Å²) in [6.45, 7) is 4.39. The summed E-state index contributed by atoms with van der Waals surface area (Å²) >= 11 is 0. The molecule has 3 aromatic rings. The molecular formula is C21H24N4. The molecule has 1 aromatic heterocycles. The van der Waals surface area contributed by atoms with Crippen LogP contribution in [0.4, 0.5) is 5.69 Å². The van der Waals surface area contributed by atoms with Gasteiger partial charge in [0.25, 0.3) is 0 Å². The van der Waals surface area contributed by atoms with Crippen LogP contribution in [0.2, 0.25) is 0 Å². The summed E-state index contributed by atoms with van der Waals surface area (Å²) < 4.78 is 0. The number of benzene rings is 2. The highest BCUT2D eigenvalue weighted by Crippen LogP contribution is 2.18. The largest absolute Gasteiger partial charge is 0.381 e. The highest BCUT2D eigenvalue weighted by atomic mass is 15.1. The Labute approximate surface area is 148 Å². The van der Waals surface area contributed by atoms with Crippen molar-refractivity contribution in [3.8, 4) is 0 Å². The number of nitrogens with zero attached hydrogens (tertiary/aromatic N) is 3. The first kappa shape index (κ1) is 16.0. The van der Waals surface area contributed by atoms with Gasteiger partial charge in [-0.2, -0.15) is 0 Å². The van der Waals surface area contributed by atoms with E-state index in [1.165, 1.54) is 43.5 Å². The summed E-state index contributed by atoms with van der Waals surface area (Å²) in [5.41, 5.74) is 4.76. The highest BCUT2D eigenvalue weighted by Gasteiger charge is 2.10. The van der Waals surface area contributed by atoms with Gasteiger partial charge in [0, 0.05) is 30.4 Å². The molecule has 0 radical (unpaired) electrons. The molecule has 25 heavy (non-hydrogen) atoms. The van der Waals surface area contributed by atoms with Crippen molar-refractivity contribution in [2.24, 2.45) is 0 Å². The molecule has 0 spiro atoms. The Morgan fingerprint density at radius 1 is 0.920 bits per heavy atom. The molecular weight excluding hydrogens is 308 g/mol. The van der Waals surface area contributed by atoms with Crippen LogP contribution in [0.25, 0.3) is 10.9 Å². The van der Waals surface area contributed by atoms with Gasteiger partial charge in [-0.25, -0.2) is 9.97 Å². The molecule has 1 fully saturated rings. The maximum Gasteiger partial charge on any atom is 0.116 e. The molecule has 128 valence electrons. The summed E-state index contributed by atoms with van der Waals surface area (Å²) in [4.78, 5) is 10.9. The van der Waals surface area contributed by atoms with Gasteiger partial charge in [0.2, 0.25) is 0 Å². The molecule has 0 unspecified atom stereocenters. The van der Waals surface area contributed by atoms with Crippen molar-refractivity contribution in [2.45, 2.75) is 32.4 Å². The van der Waals surface area contributed by atoms with E-state index in [0.29, 0.717) is 0 Å². The molecule has 4 rings (SSSR count). The van der Waals surface area contributed by atoms with E-state index in [1.807, 2.05) is 6.20 Å². The minimum absolute atomic E-state index is 0.820. The summed E-state index contributed by atoms with van der Waals surface area (Å²) in [7, 11) is 0. The van der Waals surface area contributed by atoms with E-state index in [4.69, 9.17) is 0 Å². The molecule has 1 aliphatic heterocycles. The molecule has 1 aliphatic rings. The van der Waals surface area contributed by atoms with Crippen molar-refractivity contribution in [1.82, 2.24) is 14.9 Å². The first-order valence-corrected chi connectivity index (χ1v) is 9.11. The fraction of sp³-hybridized carbons (Fsp3) is 0.333. The van der Waals surface area contributed by atoms with Gasteiger partial charge < -0.3 is 5.32 Å². The lowest BCUT2D eigenvalue weighted by Crippen LogP contribution is -2.29. The molecule has 4 heteroatoms. The van der Waals surface area contributed by atoms with Crippen LogP contribution in [0, 0.1) is 0 Å². The Kier molecular flexibility index (Phi) is 4.89. The van der Waals surface area contributed by atoms with Gasteiger partial charge in [0.1, 0.15) is 6.33 Å². The Hall–Kier alpha value is -2.46. The van der Waals surface area contributed by atoms with Crippen molar-refractivity contribution in [3.63, 3.8) is 0 Å². The standard InChI is InChI=1S/C21H24N4/c1-2-10-25(11-3-1)15-18-6-4-17(5-7-18)13-23-20-9-8-19-14-22-16-24-21(19)12-20/h4-9,12,14,16,23H,1-3,10-11,13,15H2. The number of hydrogen-bond donors (Lipinski definition) is 1. The molecule has 1 N–H and O–H groups in total. The van der Waals surface area contributed by atoms with E-state index in [9.17, 15) is 0 Å². The topological polar surface area (TPSA) is 41.1 Å². The van der Waals surface area contributed by atoms with Gasteiger partial charge in [0.15, 0.2) is 0 Å². The Bertz CT molecular complexity index is 823. The predicted molar refractivity (Wildman–Crippen MR) is 102 cm³/mol. The fourth-order valence-corrected chi connectivity index (χ4v) is 3.43. The molecule has 0 bridgehead atoms. The number of aromatic nitrogens is 2. The third kappa shape index (κ3) is 4.15. The number of fused-ring (bicyclic) bond motifs is 1. The lowest BCUT2D eigenvalue weighted by atomic mass is 10.1. The van der Waals surface area contributed by atoms with Crippen LogP contribution in [-0.4, -0.2) is 28.0 Å². The summed E-state index contributed by atoms with van der Waals surface area (Å²) in [6, 6.07) is 15.2. The zero-order valence-corrected chi connectivity index (χ0v) is 14.5. The zero-order chi connectivity index (χ0) is 16.9. The van der Waals surface area contributed by atoms with E-state index in [1.54, 1.807) is 6.33 Å². The maximum atomic E-state index is 4.31. The quantitative estimate of drug-likeness (QED) is 0.759. The highest BCUT2D eigenvalue weighted by molar-refractivity contribution is 5.81. The average Bonchev–Trinajstić information content (AvgIpc) is 2.68. The maximum absolute atomic E-state index is 4.31. The average molecular weight is 332 g/mol. The first-order chi connectivity index (χ1) is 12.4. The number of piperidine rings is 1. The molecule has 0 amide bonds. The van der Waals surface area contributed by atoms with Crippen LogP contribution in [0.3, 0.4) is 0 Å². The van der Waals surface area contributed by atoms with E-state index in [-0.39, 0.29) is 0 Å². The Morgan fingerprint density at radius 2 is 1.72 bits per heavy atom. The normalized spacial score (nSPS) is 15.4. The molecule has 2 aromatic carbocycles.